The minimum Gasteiger partial charge on any atom is -0.496 e. The third-order valence-electron chi connectivity index (χ3n) is 5.17. The van der Waals surface area contributed by atoms with Crippen LogP contribution in [0.5, 0.6) is 11.5 Å². The molecule has 0 saturated carbocycles. The Balaban J connectivity index is 1.88. The highest BCUT2D eigenvalue weighted by atomic mass is 31.2. The molecule has 2 aromatic carbocycles. The number of benzene rings is 2. The number of rotatable bonds is 3. The van der Waals surface area contributed by atoms with Gasteiger partial charge in [0.1, 0.15) is 11.5 Å². The second-order valence-corrected chi connectivity index (χ2v) is 11.5. The number of nitrogens with zero attached hydrogens (tertiary/aromatic N) is 1. The van der Waals surface area contributed by atoms with E-state index in [1.807, 2.05) is 87.5 Å². The van der Waals surface area contributed by atoms with Crippen molar-refractivity contribution in [2.45, 2.75) is 31.8 Å². The van der Waals surface area contributed by atoms with Crippen molar-refractivity contribution in [1.29, 1.82) is 0 Å². The zero-order valence-electron chi connectivity index (χ0n) is 16.5. The topological polar surface area (TPSA) is 48.4 Å². The van der Waals surface area contributed by atoms with Crippen molar-refractivity contribution in [1.82, 2.24) is 4.98 Å². The van der Waals surface area contributed by atoms with E-state index in [-0.39, 0.29) is 0 Å². The van der Waals surface area contributed by atoms with Crippen molar-refractivity contribution in [2.75, 3.05) is 7.11 Å². The van der Waals surface area contributed by atoms with E-state index >= 15 is 0 Å². The maximum Gasteiger partial charge on any atom is 0.197 e. The Kier molecular flexibility index (Phi) is 4.55. The fourth-order valence-corrected chi connectivity index (χ4v) is 7.03. The molecule has 1 aliphatic heterocycles. The van der Waals surface area contributed by atoms with Crippen LogP contribution in [-0.2, 0) is 4.57 Å². The predicted octanol–water partition coefficient (Wildman–Crippen LogP) is 5.64. The second kappa shape index (κ2) is 6.79. The molecule has 5 heteroatoms. The Morgan fingerprint density at radius 3 is 2.36 bits per heavy atom. The van der Waals surface area contributed by atoms with Gasteiger partial charge in [-0.1, -0.05) is 63.2 Å². The van der Waals surface area contributed by atoms with Gasteiger partial charge in [-0.25, -0.2) is 4.98 Å². The summed E-state index contributed by atoms with van der Waals surface area (Å²) in [5.74, 6) is 0.592. The first kappa shape index (κ1) is 18.8. The van der Waals surface area contributed by atoms with Crippen LogP contribution in [0.25, 0.3) is 11.3 Å². The summed E-state index contributed by atoms with van der Waals surface area (Å²) in [7, 11) is -1.45. The Hall–Kier alpha value is -2.58. The van der Waals surface area contributed by atoms with Crippen LogP contribution in [0.4, 0.5) is 0 Å². The van der Waals surface area contributed by atoms with Crippen LogP contribution in [0.1, 0.15) is 32.3 Å². The van der Waals surface area contributed by atoms with Gasteiger partial charge in [-0.15, -0.1) is 0 Å². The lowest BCUT2D eigenvalue weighted by molar-refractivity contribution is 0.285. The van der Waals surface area contributed by atoms with Gasteiger partial charge in [0.25, 0.3) is 0 Å². The second-order valence-electron chi connectivity index (χ2n) is 7.92. The summed E-state index contributed by atoms with van der Waals surface area (Å²) in [6.45, 7) is 5.98. The van der Waals surface area contributed by atoms with Crippen molar-refractivity contribution in [2.24, 2.45) is 0 Å². The lowest BCUT2D eigenvalue weighted by atomic mass is 10.1. The lowest BCUT2D eigenvalue weighted by Crippen LogP contribution is -2.25. The average Bonchev–Trinajstić information content (AvgIpc) is 3.03. The molecule has 0 amide bonds. The Morgan fingerprint density at radius 2 is 1.68 bits per heavy atom. The zero-order valence-corrected chi connectivity index (χ0v) is 17.4. The standard InChI is InChI=1S/C23H24NO3P/c1-23(2,3)28(25)21-19(26-4)14-9-15-20(21)27-22(28)18-13-8-12-17(24-18)16-10-6-5-7-11-16/h5-15,22H,1-4H3/t22-,28+/m1/s1. The lowest BCUT2D eigenvalue weighted by Gasteiger charge is -2.32. The fraction of sp³-hybridized carbons (Fsp3) is 0.261. The molecule has 0 saturated heterocycles. The fourth-order valence-electron chi connectivity index (χ4n) is 3.69. The molecule has 4 rings (SSSR count). The van der Waals surface area contributed by atoms with E-state index in [0.717, 1.165) is 11.3 Å². The minimum atomic E-state index is -3.05. The quantitative estimate of drug-likeness (QED) is 0.541. The number of pyridine rings is 1. The van der Waals surface area contributed by atoms with Crippen molar-refractivity contribution in [3.8, 4) is 22.8 Å². The van der Waals surface area contributed by atoms with E-state index in [1.165, 1.54) is 0 Å². The van der Waals surface area contributed by atoms with Gasteiger partial charge in [0.05, 0.1) is 23.8 Å². The first-order chi connectivity index (χ1) is 13.4. The minimum absolute atomic E-state index is 0.512. The van der Waals surface area contributed by atoms with Gasteiger partial charge in [0, 0.05) is 10.7 Å². The molecular weight excluding hydrogens is 369 g/mol. The summed E-state index contributed by atoms with van der Waals surface area (Å²) in [4.78, 5) is 4.83. The molecule has 2 atom stereocenters. The molecule has 0 unspecified atom stereocenters. The van der Waals surface area contributed by atoms with Gasteiger partial charge in [0.2, 0.25) is 0 Å². The largest absolute Gasteiger partial charge is 0.496 e. The smallest absolute Gasteiger partial charge is 0.197 e. The number of hydrogen-bond acceptors (Lipinski definition) is 4. The summed E-state index contributed by atoms with van der Waals surface area (Å²) in [6.07, 6.45) is 0. The van der Waals surface area contributed by atoms with Crippen LogP contribution >= 0.6 is 7.14 Å². The van der Waals surface area contributed by atoms with E-state index in [0.29, 0.717) is 22.5 Å². The molecule has 1 aliphatic rings. The molecule has 0 fully saturated rings. The Labute approximate surface area is 165 Å². The van der Waals surface area contributed by atoms with Crippen LogP contribution < -0.4 is 14.8 Å². The number of fused-ring (bicyclic) bond motifs is 1. The summed E-state index contributed by atoms with van der Waals surface area (Å²) >= 11 is 0. The van der Waals surface area contributed by atoms with Crippen LogP contribution in [0, 0.1) is 0 Å². The molecule has 28 heavy (non-hydrogen) atoms. The van der Waals surface area contributed by atoms with Crippen molar-refractivity contribution in [3.05, 3.63) is 72.4 Å². The number of ether oxygens (including phenoxy) is 2. The molecular formula is C23H24NO3P. The third kappa shape index (κ3) is 2.84. The van der Waals surface area contributed by atoms with E-state index in [1.54, 1.807) is 7.11 Å². The van der Waals surface area contributed by atoms with Gasteiger partial charge in [-0.2, -0.15) is 0 Å². The SMILES string of the molecule is COc1cccc2c1[P@@](=O)(C(C)(C)C)[C@H](c1cccc(-c3ccccc3)n1)O2. The maximum absolute atomic E-state index is 14.6. The molecule has 2 heterocycles. The Bertz CT molecular complexity index is 1060. The first-order valence-electron chi connectivity index (χ1n) is 9.32. The van der Waals surface area contributed by atoms with E-state index in [9.17, 15) is 4.57 Å². The van der Waals surface area contributed by atoms with Crippen molar-refractivity contribution >= 4 is 12.4 Å². The predicted molar refractivity (Wildman–Crippen MR) is 113 cm³/mol. The molecule has 0 radical (unpaired) electrons. The van der Waals surface area contributed by atoms with Crippen molar-refractivity contribution in [3.63, 3.8) is 0 Å². The maximum atomic E-state index is 14.6. The summed E-state index contributed by atoms with van der Waals surface area (Å²) < 4.78 is 26.4. The molecule has 144 valence electrons. The summed E-state index contributed by atoms with van der Waals surface area (Å²) in [6, 6.07) is 21.3. The summed E-state index contributed by atoms with van der Waals surface area (Å²) in [5.41, 5.74) is 2.53. The highest BCUT2D eigenvalue weighted by Gasteiger charge is 2.55. The highest BCUT2D eigenvalue weighted by Crippen LogP contribution is 2.72. The normalized spacial score (nSPS) is 21.1. The van der Waals surface area contributed by atoms with Gasteiger partial charge in [-0.05, 0) is 24.3 Å². The van der Waals surface area contributed by atoms with Gasteiger partial charge >= 0.3 is 0 Å². The third-order valence-corrected chi connectivity index (χ3v) is 9.30. The number of methoxy groups -OCH3 is 1. The van der Waals surface area contributed by atoms with Gasteiger partial charge < -0.3 is 14.0 Å². The molecule has 4 nitrogen and oxygen atoms in total. The van der Waals surface area contributed by atoms with Crippen LogP contribution in [-0.4, -0.2) is 17.2 Å². The van der Waals surface area contributed by atoms with Crippen molar-refractivity contribution < 1.29 is 14.0 Å². The number of aromatic nitrogens is 1. The van der Waals surface area contributed by atoms with Gasteiger partial charge in [-0.3, -0.25) is 0 Å². The molecule has 0 N–H and O–H groups in total. The van der Waals surface area contributed by atoms with E-state index < -0.39 is 18.1 Å². The molecule has 0 aliphatic carbocycles. The molecule has 1 aromatic heterocycles. The van der Waals surface area contributed by atoms with E-state index in [4.69, 9.17) is 14.5 Å². The first-order valence-corrected chi connectivity index (χ1v) is 11.1. The zero-order chi connectivity index (χ0) is 19.9. The Morgan fingerprint density at radius 1 is 0.964 bits per heavy atom. The molecule has 0 bridgehead atoms. The monoisotopic (exact) mass is 393 g/mol. The number of hydrogen-bond donors (Lipinski definition) is 0. The highest BCUT2D eigenvalue weighted by molar-refractivity contribution is 7.74. The van der Waals surface area contributed by atoms with Crippen LogP contribution in [0.2, 0.25) is 0 Å². The molecule has 0 spiro atoms. The molecule has 3 aromatic rings. The van der Waals surface area contributed by atoms with Crippen LogP contribution in [0.3, 0.4) is 0 Å². The van der Waals surface area contributed by atoms with E-state index in [2.05, 4.69) is 0 Å². The summed E-state index contributed by atoms with van der Waals surface area (Å²) in [5, 5.41) is 0.170. The average molecular weight is 393 g/mol. The van der Waals surface area contributed by atoms with Crippen LogP contribution in [0.15, 0.2) is 66.7 Å². The van der Waals surface area contributed by atoms with Gasteiger partial charge in [0.15, 0.2) is 13.0 Å².